The average Bonchev–Trinajstić information content (AvgIpc) is 2.79. The molecule has 2 fully saturated rings. The number of hydrogen-bond donors (Lipinski definition) is 1. The summed E-state index contributed by atoms with van der Waals surface area (Å²) in [5.74, 6) is -0.440. The number of aliphatic hydroxyl groups is 1. The summed E-state index contributed by atoms with van der Waals surface area (Å²) >= 11 is 0. The van der Waals surface area contributed by atoms with Crippen LogP contribution in [0, 0.1) is 0 Å². The maximum absolute atomic E-state index is 12.2. The van der Waals surface area contributed by atoms with Crippen LogP contribution in [-0.2, 0) is 19.0 Å². The minimum atomic E-state index is -0.798. The molecule has 1 N–H and O–H groups in total. The first kappa shape index (κ1) is 15.1. The molecule has 114 valence electrons. The zero-order chi connectivity index (χ0) is 15.1. The van der Waals surface area contributed by atoms with Gasteiger partial charge in [0.15, 0.2) is 0 Å². The number of amides is 1. The maximum atomic E-state index is 12.2. The van der Waals surface area contributed by atoms with Gasteiger partial charge in [0, 0.05) is 6.92 Å². The van der Waals surface area contributed by atoms with Crippen LogP contribution >= 0.6 is 0 Å². The highest BCUT2D eigenvalue weighted by Gasteiger charge is 2.54. The van der Waals surface area contributed by atoms with Crippen molar-refractivity contribution >= 4 is 12.1 Å². The highest BCUT2D eigenvalue weighted by Crippen LogP contribution is 2.32. The van der Waals surface area contributed by atoms with E-state index >= 15 is 0 Å². The summed E-state index contributed by atoms with van der Waals surface area (Å²) in [5.41, 5.74) is -0.628. The third kappa shape index (κ3) is 3.04. The summed E-state index contributed by atoms with van der Waals surface area (Å²) in [6, 6.07) is -0.497. The van der Waals surface area contributed by atoms with Crippen molar-refractivity contribution in [2.75, 3.05) is 13.2 Å². The van der Waals surface area contributed by atoms with Gasteiger partial charge < -0.3 is 19.3 Å². The van der Waals surface area contributed by atoms with E-state index in [1.54, 1.807) is 20.8 Å². The van der Waals surface area contributed by atoms with E-state index in [-0.39, 0.29) is 13.2 Å². The average molecular weight is 287 g/mol. The predicted molar refractivity (Wildman–Crippen MR) is 68.0 cm³/mol. The van der Waals surface area contributed by atoms with Crippen LogP contribution in [-0.4, -0.2) is 65.2 Å². The second-order valence-electron chi connectivity index (χ2n) is 6.14. The van der Waals surface area contributed by atoms with Gasteiger partial charge in [-0.1, -0.05) is 0 Å². The number of hydrogen-bond acceptors (Lipinski definition) is 6. The smallest absolute Gasteiger partial charge is 0.410 e. The molecule has 1 amide bonds. The molecule has 0 radical (unpaired) electrons. The molecule has 0 aromatic heterocycles. The van der Waals surface area contributed by atoms with Crippen LogP contribution in [0.15, 0.2) is 0 Å². The lowest BCUT2D eigenvalue weighted by Crippen LogP contribution is -2.47. The van der Waals surface area contributed by atoms with E-state index in [1.807, 2.05) is 0 Å². The van der Waals surface area contributed by atoms with Crippen molar-refractivity contribution in [3.63, 3.8) is 0 Å². The number of β-amino-alcohol motifs (C(OH)–C–C–N with tert-alkyl or cyclic N) is 1. The van der Waals surface area contributed by atoms with Gasteiger partial charge in [-0.05, 0) is 20.8 Å². The van der Waals surface area contributed by atoms with Crippen molar-refractivity contribution in [3.05, 3.63) is 0 Å². The van der Waals surface area contributed by atoms with E-state index in [4.69, 9.17) is 14.2 Å². The largest absolute Gasteiger partial charge is 0.458 e. The van der Waals surface area contributed by atoms with Crippen LogP contribution in [0.3, 0.4) is 0 Å². The van der Waals surface area contributed by atoms with Crippen LogP contribution in [0.5, 0.6) is 0 Å². The predicted octanol–water partition coefficient (Wildman–Crippen LogP) is 0.297. The molecule has 2 aliphatic heterocycles. The number of rotatable bonds is 1. The fourth-order valence-electron chi connectivity index (χ4n) is 2.59. The molecule has 0 spiro atoms. The number of nitrogens with zero attached hydrogens (tertiary/aromatic N) is 1. The van der Waals surface area contributed by atoms with Gasteiger partial charge in [-0.3, -0.25) is 9.69 Å². The Bertz CT molecular complexity index is 404. The standard InChI is InChI=1S/C13H21NO6/c1-7(15)19-9-6-18-11-8(16)5-14(10(9)11)12(17)20-13(2,3)4/h8-11,16H,5-6H2,1-4H3/t8-,9+,10?,11-/m1/s1. The van der Waals surface area contributed by atoms with Crippen molar-refractivity contribution in [3.8, 4) is 0 Å². The van der Waals surface area contributed by atoms with E-state index in [9.17, 15) is 14.7 Å². The molecule has 20 heavy (non-hydrogen) atoms. The number of likely N-dealkylation sites (tertiary alicyclic amines) is 1. The number of carbonyl (C=O) groups excluding carboxylic acids is 2. The first-order chi connectivity index (χ1) is 9.19. The topological polar surface area (TPSA) is 85.3 Å². The van der Waals surface area contributed by atoms with Gasteiger partial charge in [0.05, 0.1) is 13.2 Å². The Hall–Kier alpha value is -1.34. The molecule has 2 heterocycles. The summed E-state index contributed by atoms with van der Waals surface area (Å²) < 4.78 is 15.9. The van der Waals surface area contributed by atoms with Crippen molar-refractivity contribution < 1.29 is 28.9 Å². The lowest BCUT2D eigenvalue weighted by Gasteiger charge is -2.29. The molecule has 2 rings (SSSR count). The monoisotopic (exact) mass is 287 g/mol. The zero-order valence-electron chi connectivity index (χ0n) is 12.2. The molecule has 0 aromatic rings. The van der Waals surface area contributed by atoms with Gasteiger partial charge in [-0.2, -0.15) is 0 Å². The molecule has 2 aliphatic rings. The van der Waals surface area contributed by atoms with Gasteiger partial charge in [-0.25, -0.2) is 4.79 Å². The Morgan fingerprint density at radius 3 is 2.55 bits per heavy atom. The SMILES string of the molecule is CC(=O)O[C@H]1CO[C@H]2C1N(C(=O)OC(C)(C)C)C[C@H]2O. The summed E-state index contributed by atoms with van der Waals surface area (Å²) in [7, 11) is 0. The van der Waals surface area contributed by atoms with Crippen LogP contribution in [0.2, 0.25) is 0 Å². The number of fused-ring (bicyclic) bond motifs is 1. The van der Waals surface area contributed by atoms with Crippen LogP contribution in [0.25, 0.3) is 0 Å². The van der Waals surface area contributed by atoms with E-state index in [0.717, 1.165) is 0 Å². The summed E-state index contributed by atoms with van der Waals surface area (Å²) in [4.78, 5) is 24.7. The molecule has 7 nitrogen and oxygen atoms in total. The third-order valence-electron chi connectivity index (χ3n) is 3.24. The van der Waals surface area contributed by atoms with Crippen LogP contribution in [0.4, 0.5) is 4.79 Å². The molecule has 0 aliphatic carbocycles. The van der Waals surface area contributed by atoms with Gasteiger partial charge in [0.1, 0.15) is 30.0 Å². The van der Waals surface area contributed by atoms with E-state index in [2.05, 4.69) is 0 Å². The Labute approximate surface area is 117 Å². The Morgan fingerprint density at radius 1 is 1.35 bits per heavy atom. The molecular formula is C13H21NO6. The van der Waals surface area contributed by atoms with Crippen molar-refractivity contribution in [1.29, 1.82) is 0 Å². The summed E-state index contributed by atoms with van der Waals surface area (Å²) in [5, 5.41) is 9.95. The van der Waals surface area contributed by atoms with E-state index in [1.165, 1.54) is 11.8 Å². The lowest BCUT2D eigenvalue weighted by molar-refractivity contribution is -0.148. The second-order valence-corrected chi connectivity index (χ2v) is 6.14. The summed E-state index contributed by atoms with van der Waals surface area (Å²) in [6.07, 6.45) is -2.44. The fourth-order valence-corrected chi connectivity index (χ4v) is 2.59. The van der Waals surface area contributed by atoms with E-state index < -0.39 is 42.0 Å². The molecule has 0 aromatic carbocycles. The highest BCUT2D eigenvalue weighted by atomic mass is 16.6. The normalized spacial score (nSPS) is 33.0. The van der Waals surface area contributed by atoms with Gasteiger partial charge >= 0.3 is 12.1 Å². The van der Waals surface area contributed by atoms with Gasteiger partial charge in [0.2, 0.25) is 0 Å². The zero-order valence-corrected chi connectivity index (χ0v) is 12.2. The minimum Gasteiger partial charge on any atom is -0.458 e. The molecular weight excluding hydrogens is 266 g/mol. The first-order valence-electron chi connectivity index (χ1n) is 6.65. The number of carbonyl (C=O) groups is 2. The Kier molecular flexibility index (Phi) is 3.93. The molecule has 2 saturated heterocycles. The number of aliphatic hydroxyl groups excluding tert-OH is 1. The Balaban J connectivity index is 2.12. The van der Waals surface area contributed by atoms with Gasteiger partial charge in [0.25, 0.3) is 0 Å². The van der Waals surface area contributed by atoms with Gasteiger partial charge in [-0.15, -0.1) is 0 Å². The highest BCUT2D eigenvalue weighted by molar-refractivity contribution is 5.70. The maximum Gasteiger partial charge on any atom is 0.410 e. The molecule has 0 saturated carbocycles. The third-order valence-corrected chi connectivity index (χ3v) is 3.24. The van der Waals surface area contributed by atoms with Crippen molar-refractivity contribution in [2.24, 2.45) is 0 Å². The molecule has 7 heteroatoms. The molecule has 1 unspecified atom stereocenters. The quantitative estimate of drug-likeness (QED) is 0.698. The lowest BCUT2D eigenvalue weighted by atomic mass is 10.1. The van der Waals surface area contributed by atoms with E-state index in [0.29, 0.717) is 0 Å². The van der Waals surface area contributed by atoms with Crippen molar-refractivity contribution in [1.82, 2.24) is 4.90 Å². The fraction of sp³-hybridized carbons (Fsp3) is 0.846. The first-order valence-corrected chi connectivity index (χ1v) is 6.65. The minimum absolute atomic E-state index is 0.113. The van der Waals surface area contributed by atoms with Crippen molar-refractivity contribution in [2.45, 2.75) is 57.6 Å². The molecule has 4 atom stereocenters. The number of ether oxygens (including phenoxy) is 3. The Morgan fingerprint density at radius 2 is 2.00 bits per heavy atom. The molecule has 0 bridgehead atoms. The second kappa shape index (κ2) is 5.21. The van der Waals surface area contributed by atoms with Crippen LogP contribution in [0.1, 0.15) is 27.7 Å². The van der Waals surface area contributed by atoms with Crippen LogP contribution < -0.4 is 0 Å². The summed E-state index contributed by atoms with van der Waals surface area (Å²) in [6.45, 7) is 6.89. The number of esters is 1.